The molecule has 0 unspecified atom stereocenters. The van der Waals surface area contributed by atoms with Gasteiger partial charge in [-0.1, -0.05) is 34.1 Å². The molecule has 0 heterocycles. The van der Waals surface area contributed by atoms with Crippen molar-refractivity contribution in [3.05, 3.63) is 35.7 Å². The zero-order chi connectivity index (χ0) is 9.68. The zero-order valence-electron chi connectivity index (χ0n) is 7.00. The molecule has 3 heteroatoms. The molecule has 1 aromatic rings. The van der Waals surface area contributed by atoms with Crippen LogP contribution in [0.2, 0.25) is 0 Å². The molecule has 0 amide bonds. The van der Waals surface area contributed by atoms with E-state index < -0.39 is 5.82 Å². The van der Waals surface area contributed by atoms with Crippen LogP contribution >= 0.6 is 15.9 Å². The molecule has 70 valence electrons. The van der Waals surface area contributed by atoms with Gasteiger partial charge in [-0.05, 0) is 24.1 Å². The second kappa shape index (κ2) is 5.02. The van der Waals surface area contributed by atoms with E-state index in [2.05, 4.69) is 15.9 Å². The van der Waals surface area contributed by atoms with Gasteiger partial charge >= 0.3 is 0 Å². The maximum atomic E-state index is 12.6. The summed E-state index contributed by atoms with van der Waals surface area (Å²) in [6, 6.07) is 4.28. The number of rotatable bonds is 3. The number of alkyl halides is 1. The number of hydrogen-bond donors (Lipinski definition) is 1. The van der Waals surface area contributed by atoms with Crippen LogP contribution in [-0.2, 0) is 0 Å². The molecule has 1 aromatic carbocycles. The first-order valence-corrected chi connectivity index (χ1v) is 5.07. The summed E-state index contributed by atoms with van der Waals surface area (Å²) in [5.74, 6) is -0.890. The lowest BCUT2D eigenvalue weighted by molar-refractivity contribution is 0.432. The Labute approximate surface area is 85.0 Å². The molecule has 0 aliphatic heterocycles. The number of aromatic hydroxyl groups is 1. The van der Waals surface area contributed by atoms with Crippen molar-refractivity contribution in [2.75, 3.05) is 5.33 Å². The third-order valence-corrected chi connectivity index (χ3v) is 2.01. The average molecular weight is 245 g/mol. The highest BCUT2D eigenvalue weighted by Crippen LogP contribution is 2.17. The van der Waals surface area contributed by atoms with Gasteiger partial charge in [-0.2, -0.15) is 0 Å². The van der Waals surface area contributed by atoms with Crippen molar-refractivity contribution >= 4 is 22.0 Å². The van der Waals surface area contributed by atoms with Crippen LogP contribution in [0.15, 0.2) is 24.3 Å². The minimum absolute atomic E-state index is 0.305. The van der Waals surface area contributed by atoms with E-state index in [1.165, 1.54) is 12.1 Å². The van der Waals surface area contributed by atoms with Gasteiger partial charge in [0.25, 0.3) is 0 Å². The average Bonchev–Trinajstić information content (AvgIpc) is 2.12. The molecule has 1 rings (SSSR count). The summed E-state index contributed by atoms with van der Waals surface area (Å²) in [6.07, 6.45) is 4.72. The second-order valence-corrected chi connectivity index (χ2v) is 3.38. The maximum absolute atomic E-state index is 12.6. The van der Waals surface area contributed by atoms with Crippen LogP contribution in [0.5, 0.6) is 5.75 Å². The Morgan fingerprint density at radius 1 is 1.46 bits per heavy atom. The van der Waals surface area contributed by atoms with Crippen molar-refractivity contribution in [2.45, 2.75) is 6.42 Å². The van der Waals surface area contributed by atoms with E-state index in [4.69, 9.17) is 5.11 Å². The Balaban J connectivity index is 2.73. The molecule has 0 saturated heterocycles. The highest BCUT2D eigenvalue weighted by molar-refractivity contribution is 9.09. The van der Waals surface area contributed by atoms with Crippen LogP contribution in [0.1, 0.15) is 12.0 Å². The molecule has 0 aliphatic rings. The van der Waals surface area contributed by atoms with Crippen molar-refractivity contribution in [1.82, 2.24) is 0 Å². The third kappa shape index (κ3) is 3.19. The van der Waals surface area contributed by atoms with Crippen molar-refractivity contribution in [3.8, 4) is 5.75 Å². The molecule has 0 aromatic heterocycles. The van der Waals surface area contributed by atoms with Crippen molar-refractivity contribution in [2.24, 2.45) is 0 Å². The fraction of sp³-hybridized carbons (Fsp3) is 0.200. The Morgan fingerprint density at radius 2 is 2.23 bits per heavy atom. The molecule has 0 fully saturated rings. The first-order chi connectivity index (χ1) is 6.24. The highest BCUT2D eigenvalue weighted by atomic mass is 79.9. The Bertz CT molecular complexity index is 310. The van der Waals surface area contributed by atoms with E-state index >= 15 is 0 Å². The topological polar surface area (TPSA) is 20.2 Å². The van der Waals surface area contributed by atoms with Gasteiger partial charge in [-0.25, -0.2) is 4.39 Å². The molecule has 0 atom stereocenters. The van der Waals surface area contributed by atoms with Crippen molar-refractivity contribution in [3.63, 3.8) is 0 Å². The summed E-state index contributed by atoms with van der Waals surface area (Å²) < 4.78 is 12.6. The monoisotopic (exact) mass is 244 g/mol. The summed E-state index contributed by atoms with van der Waals surface area (Å²) >= 11 is 3.29. The van der Waals surface area contributed by atoms with Crippen molar-refractivity contribution in [1.29, 1.82) is 0 Å². The Hall–Kier alpha value is -0.830. The van der Waals surface area contributed by atoms with Crippen LogP contribution in [0, 0.1) is 5.82 Å². The van der Waals surface area contributed by atoms with Crippen LogP contribution in [0.4, 0.5) is 4.39 Å². The highest BCUT2D eigenvalue weighted by Gasteiger charge is 1.97. The Kier molecular flexibility index (Phi) is 3.96. The lowest BCUT2D eigenvalue weighted by Crippen LogP contribution is -1.77. The minimum atomic E-state index is -0.586. The van der Waals surface area contributed by atoms with Gasteiger partial charge in [0, 0.05) is 5.33 Å². The summed E-state index contributed by atoms with van der Waals surface area (Å²) in [6.45, 7) is 0. The predicted molar refractivity (Wildman–Crippen MR) is 55.5 cm³/mol. The third-order valence-electron chi connectivity index (χ3n) is 1.56. The number of phenols is 1. The molecule has 0 bridgehead atoms. The fourth-order valence-electron chi connectivity index (χ4n) is 0.916. The van der Waals surface area contributed by atoms with E-state index in [0.717, 1.165) is 17.3 Å². The summed E-state index contributed by atoms with van der Waals surface area (Å²) in [4.78, 5) is 0. The number of hydrogen-bond acceptors (Lipinski definition) is 1. The predicted octanol–water partition coefficient (Wildman–Crippen LogP) is 3.33. The number of benzene rings is 1. The molecule has 1 nitrogen and oxygen atoms in total. The molecule has 0 aliphatic carbocycles. The first-order valence-electron chi connectivity index (χ1n) is 3.95. The maximum Gasteiger partial charge on any atom is 0.164 e. The molecular weight excluding hydrogens is 235 g/mol. The zero-order valence-corrected chi connectivity index (χ0v) is 8.59. The van der Waals surface area contributed by atoms with Crippen molar-refractivity contribution < 1.29 is 9.50 Å². The summed E-state index contributed by atoms with van der Waals surface area (Å²) in [5, 5.41) is 9.94. The van der Waals surface area contributed by atoms with E-state index in [1.807, 2.05) is 12.2 Å². The lowest BCUT2D eigenvalue weighted by Gasteiger charge is -1.96. The second-order valence-electron chi connectivity index (χ2n) is 2.59. The minimum Gasteiger partial charge on any atom is -0.505 e. The van der Waals surface area contributed by atoms with Crippen LogP contribution in [-0.4, -0.2) is 10.4 Å². The van der Waals surface area contributed by atoms with E-state index in [0.29, 0.717) is 0 Å². The van der Waals surface area contributed by atoms with E-state index in [9.17, 15) is 4.39 Å². The molecule has 0 radical (unpaired) electrons. The van der Waals surface area contributed by atoms with Gasteiger partial charge in [-0.15, -0.1) is 0 Å². The molecule has 1 N–H and O–H groups in total. The molecule has 13 heavy (non-hydrogen) atoms. The summed E-state index contributed by atoms with van der Waals surface area (Å²) in [5.41, 5.74) is 0.805. The van der Waals surface area contributed by atoms with E-state index in [-0.39, 0.29) is 5.75 Å². The van der Waals surface area contributed by atoms with Crippen LogP contribution in [0.25, 0.3) is 6.08 Å². The standard InChI is InChI=1S/C10H10BrFO/c11-6-2-1-3-8-4-5-9(12)10(13)7-8/h1,3-5,7,13H,2,6H2. The van der Waals surface area contributed by atoms with Gasteiger partial charge in [0.2, 0.25) is 0 Å². The van der Waals surface area contributed by atoms with Crippen LogP contribution in [0.3, 0.4) is 0 Å². The lowest BCUT2D eigenvalue weighted by atomic mass is 10.2. The quantitative estimate of drug-likeness (QED) is 0.810. The fourth-order valence-corrected chi connectivity index (χ4v) is 1.18. The largest absolute Gasteiger partial charge is 0.505 e. The number of halogens is 2. The Morgan fingerprint density at radius 3 is 2.85 bits per heavy atom. The normalized spacial score (nSPS) is 10.9. The number of phenolic OH excluding ortho intramolecular Hbond substituents is 1. The molecule has 0 spiro atoms. The van der Waals surface area contributed by atoms with Gasteiger partial charge in [0.1, 0.15) is 0 Å². The van der Waals surface area contributed by atoms with Gasteiger partial charge in [0.05, 0.1) is 0 Å². The smallest absolute Gasteiger partial charge is 0.164 e. The SMILES string of the molecule is Oc1cc(C=CCCBr)ccc1F. The van der Waals surface area contributed by atoms with Crippen LogP contribution < -0.4 is 0 Å². The van der Waals surface area contributed by atoms with Gasteiger partial charge in [0.15, 0.2) is 11.6 Å². The summed E-state index contributed by atoms with van der Waals surface area (Å²) in [7, 11) is 0. The molecule has 0 saturated carbocycles. The van der Waals surface area contributed by atoms with Gasteiger partial charge < -0.3 is 5.11 Å². The molecular formula is C10H10BrFO. The van der Waals surface area contributed by atoms with Gasteiger partial charge in [-0.3, -0.25) is 0 Å². The number of allylic oxidation sites excluding steroid dienone is 1. The first kappa shape index (κ1) is 10.3. The van der Waals surface area contributed by atoms with E-state index in [1.54, 1.807) is 6.07 Å².